The maximum absolute atomic E-state index is 13.3. The third-order valence-electron chi connectivity index (χ3n) is 3.85. The van der Waals surface area contributed by atoms with E-state index in [4.69, 9.17) is 16.3 Å². The van der Waals surface area contributed by atoms with Crippen LogP contribution in [-0.4, -0.2) is 18.0 Å². The van der Waals surface area contributed by atoms with Crippen LogP contribution < -0.4 is 15.4 Å². The number of hydrogen-bond acceptors (Lipinski definition) is 4. The van der Waals surface area contributed by atoms with Crippen molar-refractivity contribution >= 4 is 34.7 Å². The van der Waals surface area contributed by atoms with Crippen molar-refractivity contribution in [3.05, 3.63) is 76.7 Å². The molecule has 0 radical (unpaired) electrons. The minimum atomic E-state index is -0.362. The summed E-state index contributed by atoms with van der Waals surface area (Å²) >= 11 is 6.09. The number of hydrogen-bond donors (Lipinski definition) is 2. The van der Waals surface area contributed by atoms with Crippen LogP contribution in [-0.2, 0) is 0 Å². The van der Waals surface area contributed by atoms with Crippen molar-refractivity contribution in [1.82, 2.24) is 4.98 Å². The van der Waals surface area contributed by atoms with E-state index in [0.29, 0.717) is 33.5 Å². The summed E-state index contributed by atoms with van der Waals surface area (Å²) in [5, 5.41) is 6.33. The fraction of sp³-hybridized carbons (Fsp3) is 0.100. The molecule has 0 aliphatic rings. The van der Waals surface area contributed by atoms with E-state index < -0.39 is 0 Å². The van der Waals surface area contributed by atoms with Crippen LogP contribution in [0.3, 0.4) is 0 Å². The smallest absolute Gasteiger partial charge is 0.255 e. The molecular weight excluding hydrogens is 369 g/mol. The summed E-state index contributed by atoms with van der Waals surface area (Å²) in [5.74, 6) is 0.192. The zero-order valence-electron chi connectivity index (χ0n) is 14.7. The Balaban J connectivity index is 1.81. The number of nitrogens with zero attached hydrogens (tertiary/aromatic N) is 1. The lowest BCUT2D eigenvalue weighted by Crippen LogP contribution is -2.13. The lowest BCUT2D eigenvalue weighted by atomic mass is 10.2. The van der Waals surface area contributed by atoms with Crippen LogP contribution in [0.4, 0.5) is 21.6 Å². The molecule has 0 atom stereocenters. The molecule has 7 heteroatoms. The van der Waals surface area contributed by atoms with Gasteiger partial charge in [0.05, 0.1) is 12.8 Å². The standard InChI is InChI=1S/C20H17ClFN3O2/c1-12-8-17(18(27-2)11-16(12)21)25-20(26)13-6-7-23-19(9-13)24-15-5-3-4-14(22)10-15/h3-11H,1-2H3,(H,23,24)(H,25,26). The minimum Gasteiger partial charge on any atom is -0.495 e. The number of carbonyl (C=O) groups is 1. The van der Waals surface area contributed by atoms with Crippen molar-refractivity contribution in [3.63, 3.8) is 0 Å². The van der Waals surface area contributed by atoms with Gasteiger partial charge in [-0.2, -0.15) is 0 Å². The van der Waals surface area contributed by atoms with E-state index in [0.717, 1.165) is 5.56 Å². The Bertz CT molecular complexity index is 995. The predicted octanol–water partition coefficient (Wildman–Crippen LogP) is 5.19. The number of ether oxygens (including phenoxy) is 1. The Labute approximate surface area is 161 Å². The molecule has 27 heavy (non-hydrogen) atoms. The minimum absolute atomic E-state index is 0.334. The Morgan fingerprint density at radius 2 is 2.00 bits per heavy atom. The van der Waals surface area contributed by atoms with Crippen LogP contribution in [0.2, 0.25) is 5.02 Å². The van der Waals surface area contributed by atoms with Crippen molar-refractivity contribution in [2.75, 3.05) is 17.7 Å². The summed E-state index contributed by atoms with van der Waals surface area (Å²) in [4.78, 5) is 16.8. The molecule has 5 nitrogen and oxygen atoms in total. The molecule has 0 bridgehead atoms. The Hall–Kier alpha value is -3.12. The molecule has 138 valence electrons. The first-order chi connectivity index (χ1) is 13.0. The van der Waals surface area contributed by atoms with Crippen LogP contribution in [0, 0.1) is 12.7 Å². The molecule has 1 aromatic heterocycles. The highest BCUT2D eigenvalue weighted by molar-refractivity contribution is 6.31. The quantitative estimate of drug-likeness (QED) is 0.634. The Morgan fingerprint density at radius 3 is 2.74 bits per heavy atom. The largest absolute Gasteiger partial charge is 0.495 e. The van der Waals surface area contributed by atoms with E-state index in [9.17, 15) is 9.18 Å². The zero-order valence-corrected chi connectivity index (χ0v) is 15.5. The van der Waals surface area contributed by atoms with Crippen molar-refractivity contribution in [2.24, 2.45) is 0 Å². The summed E-state index contributed by atoms with van der Waals surface area (Å²) in [6.45, 7) is 1.84. The van der Waals surface area contributed by atoms with Gasteiger partial charge in [-0.25, -0.2) is 9.37 Å². The third kappa shape index (κ3) is 4.54. The molecule has 0 unspecified atom stereocenters. The number of anilines is 3. The van der Waals surface area contributed by atoms with Gasteiger partial charge in [-0.05, 0) is 48.9 Å². The summed E-state index contributed by atoms with van der Waals surface area (Å²) in [6, 6.07) is 12.5. The number of rotatable bonds is 5. The molecular formula is C20H17ClFN3O2. The number of benzene rings is 2. The van der Waals surface area contributed by atoms with Crippen LogP contribution in [0.5, 0.6) is 5.75 Å². The third-order valence-corrected chi connectivity index (χ3v) is 4.26. The number of aromatic nitrogens is 1. The van der Waals surface area contributed by atoms with Gasteiger partial charge in [-0.15, -0.1) is 0 Å². The van der Waals surface area contributed by atoms with Crippen molar-refractivity contribution in [2.45, 2.75) is 6.92 Å². The molecule has 0 saturated heterocycles. The highest BCUT2D eigenvalue weighted by Crippen LogP contribution is 2.31. The molecule has 3 rings (SSSR count). The molecule has 0 spiro atoms. The van der Waals surface area contributed by atoms with Crippen molar-refractivity contribution in [3.8, 4) is 5.75 Å². The first-order valence-corrected chi connectivity index (χ1v) is 8.48. The number of aryl methyl sites for hydroxylation is 1. The first kappa shape index (κ1) is 18.7. The van der Waals surface area contributed by atoms with Crippen LogP contribution in [0.15, 0.2) is 54.7 Å². The summed E-state index contributed by atoms with van der Waals surface area (Å²) in [6.07, 6.45) is 1.50. The van der Waals surface area contributed by atoms with Gasteiger partial charge in [0.2, 0.25) is 0 Å². The van der Waals surface area contributed by atoms with E-state index in [1.807, 2.05) is 6.92 Å². The van der Waals surface area contributed by atoms with Crippen molar-refractivity contribution in [1.29, 1.82) is 0 Å². The number of amides is 1. The Morgan fingerprint density at radius 1 is 1.19 bits per heavy atom. The predicted molar refractivity (Wildman–Crippen MR) is 105 cm³/mol. The molecule has 0 saturated carbocycles. The van der Waals surface area contributed by atoms with E-state index in [1.54, 1.807) is 36.4 Å². The molecule has 0 aliphatic heterocycles. The van der Waals surface area contributed by atoms with Crippen LogP contribution >= 0.6 is 11.6 Å². The highest BCUT2D eigenvalue weighted by Gasteiger charge is 2.13. The topological polar surface area (TPSA) is 63.2 Å². The monoisotopic (exact) mass is 385 g/mol. The number of pyridine rings is 1. The summed E-state index contributed by atoms with van der Waals surface area (Å²) in [5.41, 5.74) is 2.26. The van der Waals surface area contributed by atoms with Crippen molar-refractivity contribution < 1.29 is 13.9 Å². The molecule has 0 aliphatic carbocycles. The second kappa shape index (κ2) is 8.05. The number of halogens is 2. The maximum atomic E-state index is 13.3. The van der Waals surface area contributed by atoms with E-state index in [2.05, 4.69) is 15.6 Å². The molecule has 3 aromatic rings. The fourth-order valence-corrected chi connectivity index (χ4v) is 2.63. The highest BCUT2D eigenvalue weighted by atomic mass is 35.5. The second-order valence-corrected chi connectivity index (χ2v) is 6.23. The zero-order chi connectivity index (χ0) is 19.4. The number of nitrogens with one attached hydrogen (secondary N) is 2. The first-order valence-electron chi connectivity index (χ1n) is 8.10. The second-order valence-electron chi connectivity index (χ2n) is 5.82. The van der Waals surface area contributed by atoms with Gasteiger partial charge in [-0.1, -0.05) is 17.7 Å². The lowest BCUT2D eigenvalue weighted by molar-refractivity contribution is 0.102. The van der Waals surface area contributed by atoms with Gasteiger partial charge in [0, 0.05) is 28.5 Å². The van der Waals surface area contributed by atoms with Gasteiger partial charge in [-0.3, -0.25) is 4.79 Å². The molecule has 2 aromatic carbocycles. The maximum Gasteiger partial charge on any atom is 0.255 e. The summed E-state index contributed by atoms with van der Waals surface area (Å²) in [7, 11) is 1.50. The molecule has 1 amide bonds. The molecule has 0 fully saturated rings. The number of methoxy groups -OCH3 is 1. The van der Waals surface area contributed by atoms with Gasteiger partial charge < -0.3 is 15.4 Å². The van der Waals surface area contributed by atoms with Gasteiger partial charge >= 0.3 is 0 Å². The lowest BCUT2D eigenvalue weighted by Gasteiger charge is -2.13. The average molecular weight is 386 g/mol. The number of carbonyl (C=O) groups excluding carboxylic acids is 1. The Kier molecular flexibility index (Phi) is 5.57. The fourth-order valence-electron chi connectivity index (χ4n) is 2.48. The van der Waals surface area contributed by atoms with E-state index in [1.165, 1.54) is 25.4 Å². The van der Waals surface area contributed by atoms with Gasteiger partial charge in [0.25, 0.3) is 5.91 Å². The summed E-state index contributed by atoms with van der Waals surface area (Å²) < 4.78 is 18.6. The average Bonchev–Trinajstić information content (AvgIpc) is 2.64. The van der Waals surface area contributed by atoms with E-state index in [-0.39, 0.29) is 11.7 Å². The molecule has 2 N–H and O–H groups in total. The SMILES string of the molecule is COc1cc(Cl)c(C)cc1NC(=O)c1ccnc(Nc2cccc(F)c2)c1. The normalized spacial score (nSPS) is 10.4. The van der Waals surface area contributed by atoms with Gasteiger partial charge in [0.15, 0.2) is 0 Å². The molecule has 1 heterocycles. The van der Waals surface area contributed by atoms with Gasteiger partial charge in [0.1, 0.15) is 17.4 Å². The van der Waals surface area contributed by atoms with Crippen LogP contribution in [0.1, 0.15) is 15.9 Å². The van der Waals surface area contributed by atoms with E-state index >= 15 is 0 Å². The van der Waals surface area contributed by atoms with Crippen LogP contribution in [0.25, 0.3) is 0 Å².